The zero-order valence-electron chi connectivity index (χ0n) is 9.84. The summed E-state index contributed by atoms with van der Waals surface area (Å²) in [4.78, 5) is 0. The van der Waals surface area contributed by atoms with Crippen LogP contribution in [-0.4, -0.2) is 17.3 Å². The number of hydrogen-bond acceptors (Lipinski definition) is 2. The zero-order valence-corrected chi connectivity index (χ0v) is 13.0. The standard InChI is InChI=1S/C13H17Br2NO/c1-9(16-8-13(17)5-2-6-13)11-4-3-10(14)7-12(11)15/h3-4,7,9,16-17H,2,5-6,8H2,1H3. The molecular weight excluding hydrogens is 346 g/mol. The van der Waals surface area contributed by atoms with Crippen molar-refractivity contribution < 1.29 is 5.11 Å². The van der Waals surface area contributed by atoms with E-state index in [9.17, 15) is 5.11 Å². The number of benzene rings is 1. The summed E-state index contributed by atoms with van der Waals surface area (Å²) in [5.41, 5.74) is 0.756. The summed E-state index contributed by atoms with van der Waals surface area (Å²) in [7, 11) is 0. The molecule has 0 heterocycles. The second kappa shape index (κ2) is 5.39. The van der Waals surface area contributed by atoms with Gasteiger partial charge in [-0.3, -0.25) is 0 Å². The molecule has 94 valence electrons. The van der Waals surface area contributed by atoms with Crippen molar-refractivity contribution in [2.45, 2.75) is 37.8 Å². The normalized spacial score (nSPS) is 19.8. The third kappa shape index (κ3) is 3.31. The van der Waals surface area contributed by atoms with Gasteiger partial charge in [-0.2, -0.15) is 0 Å². The molecule has 0 radical (unpaired) electrons. The second-order valence-electron chi connectivity index (χ2n) is 4.85. The van der Waals surface area contributed by atoms with E-state index in [1.807, 2.05) is 12.1 Å². The van der Waals surface area contributed by atoms with Gasteiger partial charge in [0.2, 0.25) is 0 Å². The first-order valence-electron chi connectivity index (χ1n) is 5.91. The lowest BCUT2D eigenvalue weighted by Crippen LogP contribution is -2.46. The SMILES string of the molecule is CC(NCC1(O)CCC1)c1ccc(Br)cc1Br. The van der Waals surface area contributed by atoms with E-state index < -0.39 is 5.60 Å². The highest BCUT2D eigenvalue weighted by atomic mass is 79.9. The Labute approximate surface area is 119 Å². The molecule has 1 aliphatic carbocycles. The van der Waals surface area contributed by atoms with Crippen LogP contribution in [-0.2, 0) is 0 Å². The van der Waals surface area contributed by atoms with Crippen LogP contribution in [0.3, 0.4) is 0 Å². The smallest absolute Gasteiger partial charge is 0.0771 e. The van der Waals surface area contributed by atoms with E-state index in [0.717, 1.165) is 28.2 Å². The van der Waals surface area contributed by atoms with Crippen LogP contribution in [0, 0.1) is 0 Å². The van der Waals surface area contributed by atoms with Gasteiger partial charge in [-0.05, 0) is 43.9 Å². The molecule has 17 heavy (non-hydrogen) atoms. The molecular formula is C13H17Br2NO. The molecule has 1 atom stereocenters. The molecule has 1 saturated carbocycles. The fourth-order valence-corrected chi connectivity index (χ4v) is 3.46. The number of aliphatic hydroxyl groups is 1. The molecule has 0 spiro atoms. The minimum atomic E-state index is -0.462. The molecule has 1 aromatic carbocycles. The molecule has 2 N–H and O–H groups in total. The van der Waals surface area contributed by atoms with Crippen LogP contribution in [0.25, 0.3) is 0 Å². The monoisotopic (exact) mass is 361 g/mol. The highest BCUT2D eigenvalue weighted by Crippen LogP contribution is 2.32. The highest BCUT2D eigenvalue weighted by molar-refractivity contribution is 9.11. The molecule has 1 aromatic rings. The number of rotatable bonds is 4. The Balaban J connectivity index is 1.96. The van der Waals surface area contributed by atoms with E-state index >= 15 is 0 Å². The average molecular weight is 363 g/mol. The Bertz CT molecular complexity index is 404. The largest absolute Gasteiger partial charge is 0.389 e. The maximum absolute atomic E-state index is 10.0. The first-order chi connectivity index (χ1) is 8.00. The first kappa shape index (κ1) is 13.5. The first-order valence-corrected chi connectivity index (χ1v) is 7.49. The van der Waals surface area contributed by atoms with Gasteiger partial charge in [-0.15, -0.1) is 0 Å². The van der Waals surface area contributed by atoms with Gasteiger partial charge >= 0.3 is 0 Å². The van der Waals surface area contributed by atoms with Crippen molar-refractivity contribution in [1.29, 1.82) is 0 Å². The van der Waals surface area contributed by atoms with Gasteiger partial charge in [0.05, 0.1) is 5.60 Å². The third-order valence-electron chi connectivity index (χ3n) is 3.45. The Morgan fingerprint density at radius 1 is 1.41 bits per heavy atom. The Hall–Kier alpha value is 0.1000. The van der Waals surface area contributed by atoms with E-state index in [0.29, 0.717) is 6.54 Å². The predicted molar refractivity (Wildman–Crippen MR) is 77.1 cm³/mol. The lowest BCUT2D eigenvalue weighted by molar-refractivity contribution is -0.0329. The molecule has 1 aliphatic rings. The van der Waals surface area contributed by atoms with E-state index in [1.54, 1.807) is 0 Å². The van der Waals surface area contributed by atoms with E-state index in [1.165, 1.54) is 5.56 Å². The molecule has 0 amide bonds. The van der Waals surface area contributed by atoms with Crippen LogP contribution < -0.4 is 5.32 Å². The van der Waals surface area contributed by atoms with Crippen LogP contribution in [0.1, 0.15) is 37.8 Å². The quantitative estimate of drug-likeness (QED) is 0.854. The summed E-state index contributed by atoms with van der Waals surface area (Å²) >= 11 is 7.01. The maximum atomic E-state index is 10.0. The predicted octanol–water partition coefficient (Wildman–Crippen LogP) is 3.78. The van der Waals surface area contributed by atoms with Crippen molar-refractivity contribution in [2.75, 3.05) is 6.54 Å². The minimum Gasteiger partial charge on any atom is -0.389 e. The second-order valence-corrected chi connectivity index (χ2v) is 6.62. The molecule has 1 fully saturated rings. The molecule has 2 rings (SSSR count). The van der Waals surface area contributed by atoms with Gasteiger partial charge in [0, 0.05) is 21.5 Å². The molecule has 0 aromatic heterocycles. The minimum absolute atomic E-state index is 0.238. The van der Waals surface area contributed by atoms with E-state index in [4.69, 9.17) is 0 Å². The zero-order chi connectivity index (χ0) is 12.5. The van der Waals surface area contributed by atoms with Gasteiger partial charge < -0.3 is 10.4 Å². The van der Waals surface area contributed by atoms with Crippen molar-refractivity contribution in [3.05, 3.63) is 32.7 Å². The van der Waals surface area contributed by atoms with Crippen molar-refractivity contribution in [1.82, 2.24) is 5.32 Å². The van der Waals surface area contributed by atoms with Crippen LogP contribution in [0.5, 0.6) is 0 Å². The average Bonchev–Trinajstić information content (AvgIpc) is 2.23. The highest BCUT2D eigenvalue weighted by Gasteiger charge is 2.34. The van der Waals surface area contributed by atoms with Gasteiger partial charge in [0.1, 0.15) is 0 Å². The third-order valence-corrected chi connectivity index (χ3v) is 4.63. The Morgan fingerprint density at radius 3 is 2.65 bits per heavy atom. The van der Waals surface area contributed by atoms with Gasteiger partial charge in [0.15, 0.2) is 0 Å². The van der Waals surface area contributed by atoms with Crippen LogP contribution >= 0.6 is 31.9 Å². The van der Waals surface area contributed by atoms with Gasteiger partial charge in [-0.1, -0.05) is 37.9 Å². The summed E-state index contributed by atoms with van der Waals surface area (Å²) in [6.45, 7) is 2.80. The summed E-state index contributed by atoms with van der Waals surface area (Å²) in [5, 5.41) is 13.4. The molecule has 0 saturated heterocycles. The lowest BCUT2D eigenvalue weighted by atomic mass is 9.80. The summed E-state index contributed by atoms with van der Waals surface area (Å²) in [6.07, 6.45) is 3.00. The fourth-order valence-electron chi connectivity index (χ4n) is 2.07. The van der Waals surface area contributed by atoms with E-state index in [2.05, 4.69) is 50.2 Å². The molecule has 0 aliphatic heterocycles. The number of halogens is 2. The summed E-state index contributed by atoms with van der Waals surface area (Å²) in [6, 6.07) is 6.42. The molecule has 0 bridgehead atoms. The fraction of sp³-hybridized carbons (Fsp3) is 0.538. The van der Waals surface area contributed by atoms with Gasteiger partial charge in [-0.25, -0.2) is 0 Å². The topological polar surface area (TPSA) is 32.3 Å². The summed E-state index contributed by atoms with van der Waals surface area (Å²) in [5.74, 6) is 0. The van der Waals surface area contributed by atoms with Crippen LogP contribution in [0.15, 0.2) is 27.1 Å². The maximum Gasteiger partial charge on any atom is 0.0771 e. The molecule has 2 nitrogen and oxygen atoms in total. The van der Waals surface area contributed by atoms with Crippen molar-refractivity contribution in [3.63, 3.8) is 0 Å². The number of hydrogen-bond donors (Lipinski definition) is 2. The molecule has 4 heteroatoms. The molecule has 1 unspecified atom stereocenters. The van der Waals surface area contributed by atoms with Crippen molar-refractivity contribution in [2.24, 2.45) is 0 Å². The Kier molecular flexibility index (Phi) is 4.29. The van der Waals surface area contributed by atoms with Gasteiger partial charge in [0.25, 0.3) is 0 Å². The van der Waals surface area contributed by atoms with Crippen molar-refractivity contribution in [3.8, 4) is 0 Å². The lowest BCUT2D eigenvalue weighted by Gasteiger charge is -2.37. The van der Waals surface area contributed by atoms with E-state index in [-0.39, 0.29) is 6.04 Å². The Morgan fingerprint density at radius 2 is 2.12 bits per heavy atom. The number of nitrogens with one attached hydrogen (secondary N) is 1. The van der Waals surface area contributed by atoms with Crippen LogP contribution in [0.2, 0.25) is 0 Å². The van der Waals surface area contributed by atoms with Crippen LogP contribution in [0.4, 0.5) is 0 Å². The summed E-state index contributed by atoms with van der Waals surface area (Å²) < 4.78 is 2.16. The van der Waals surface area contributed by atoms with Crippen molar-refractivity contribution >= 4 is 31.9 Å².